The molecule has 0 amide bonds. The second-order valence-electron chi connectivity index (χ2n) is 5.04. The van der Waals surface area contributed by atoms with Crippen molar-refractivity contribution in [1.29, 1.82) is 0 Å². The van der Waals surface area contributed by atoms with Gasteiger partial charge in [-0.15, -0.1) is 23.6 Å². The third-order valence-corrected chi connectivity index (χ3v) is 4.79. The van der Waals surface area contributed by atoms with Crippen LogP contribution in [0.25, 0.3) is 5.70 Å². The van der Waals surface area contributed by atoms with Gasteiger partial charge in [0.2, 0.25) is 0 Å². The Kier molecular flexibility index (Phi) is 7.62. The highest BCUT2D eigenvalue weighted by Gasteiger charge is 2.18. The summed E-state index contributed by atoms with van der Waals surface area (Å²) in [5.41, 5.74) is 6.38. The first kappa shape index (κ1) is 20.1. The molecule has 0 fully saturated rings. The Morgan fingerprint density at radius 3 is 2.68 bits per heavy atom. The van der Waals surface area contributed by atoms with Gasteiger partial charge in [-0.3, -0.25) is 10.4 Å². The summed E-state index contributed by atoms with van der Waals surface area (Å²) in [6.45, 7) is 4.49. The molecule has 0 saturated carbocycles. The van der Waals surface area contributed by atoms with Crippen molar-refractivity contribution >= 4 is 72.8 Å². The summed E-state index contributed by atoms with van der Waals surface area (Å²) in [6.07, 6.45) is 1.85. The minimum Gasteiger partial charge on any atom is -0.281 e. The molecule has 3 rings (SSSR count). The molecule has 0 bridgehead atoms. The van der Waals surface area contributed by atoms with Crippen LogP contribution in [-0.4, -0.2) is 16.7 Å². The maximum absolute atomic E-state index is 5.98. The van der Waals surface area contributed by atoms with E-state index in [4.69, 9.17) is 11.6 Å². The van der Waals surface area contributed by atoms with Crippen LogP contribution in [-0.2, 0) is 0 Å². The Morgan fingerprint density at radius 1 is 1.24 bits per heavy atom. The minimum absolute atomic E-state index is 0. The van der Waals surface area contributed by atoms with E-state index in [9.17, 15) is 0 Å². The van der Waals surface area contributed by atoms with Crippen LogP contribution in [0.1, 0.15) is 5.56 Å². The first-order chi connectivity index (χ1) is 11.7. The molecule has 0 saturated heterocycles. The van der Waals surface area contributed by atoms with Gasteiger partial charge in [-0.05, 0) is 30.3 Å². The quantitative estimate of drug-likeness (QED) is 0.491. The summed E-state index contributed by atoms with van der Waals surface area (Å²) in [7, 11) is 0. The average Bonchev–Trinajstić information content (AvgIpc) is 2.57. The van der Waals surface area contributed by atoms with Gasteiger partial charge in [0.15, 0.2) is 5.17 Å². The zero-order valence-electron chi connectivity index (χ0n) is 13.2. The lowest BCUT2D eigenvalue weighted by Crippen LogP contribution is -2.41. The van der Waals surface area contributed by atoms with Crippen molar-refractivity contribution in [3.05, 3.63) is 81.7 Å². The molecule has 3 nitrogen and oxygen atoms in total. The maximum atomic E-state index is 5.98. The molecule has 0 aliphatic carbocycles. The normalized spacial score (nSPS) is 15.2. The number of hydrogen-bond acceptors (Lipinski definition) is 3. The standard InChI is InChI=1S/C18H15BrClN3S.BrH/c1-2-10-23-17(13-6-8-15(20)9-7-13)12-24-18(22-23)21-16-5-3-4-14(19)11-16;/h2-9,11-12H,1,10H2,(H,21,22);1H. The Balaban J connectivity index is 0.00000225. The van der Waals surface area contributed by atoms with E-state index >= 15 is 0 Å². The molecule has 1 aliphatic rings. The van der Waals surface area contributed by atoms with Crippen molar-refractivity contribution < 1.29 is 0 Å². The van der Waals surface area contributed by atoms with E-state index in [1.54, 1.807) is 11.8 Å². The van der Waals surface area contributed by atoms with Gasteiger partial charge >= 0.3 is 0 Å². The van der Waals surface area contributed by atoms with Gasteiger partial charge in [-0.2, -0.15) is 0 Å². The van der Waals surface area contributed by atoms with Crippen molar-refractivity contribution in [3.8, 4) is 0 Å². The average molecular weight is 502 g/mol. The van der Waals surface area contributed by atoms with Crippen LogP contribution in [0.5, 0.6) is 0 Å². The molecular weight excluding hydrogens is 486 g/mol. The zero-order valence-corrected chi connectivity index (χ0v) is 18.0. The molecule has 130 valence electrons. The van der Waals surface area contributed by atoms with Crippen molar-refractivity contribution in [1.82, 2.24) is 10.4 Å². The highest BCUT2D eigenvalue weighted by atomic mass is 79.9. The highest BCUT2D eigenvalue weighted by molar-refractivity contribution is 9.10. The molecule has 25 heavy (non-hydrogen) atoms. The fourth-order valence-electron chi connectivity index (χ4n) is 2.21. The second kappa shape index (κ2) is 9.48. The molecule has 2 aromatic rings. The highest BCUT2D eigenvalue weighted by Crippen LogP contribution is 2.29. The van der Waals surface area contributed by atoms with Crippen LogP contribution in [0.3, 0.4) is 0 Å². The van der Waals surface area contributed by atoms with E-state index in [-0.39, 0.29) is 17.0 Å². The number of nitrogens with one attached hydrogen (secondary N) is 1. The van der Waals surface area contributed by atoms with Crippen LogP contribution >= 0.6 is 56.3 Å². The van der Waals surface area contributed by atoms with Gasteiger partial charge in [-0.1, -0.05) is 63.6 Å². The van der Waals surface area contributed by atoms with E-state index in [0.29, 0.717) is 6.54 Å². The SMILES string of the molecule is Br.C=CCN1NC(=Nc2cccc(Br)c2)SC=C1c1ccc(Cl)cc1. The molecule has 0 unspecified atom stereocenters. The van der Waals surface area contributed by atoms with E-state index in [1.165, 1.54) is 0 Å². The Hall–Kier alpha value is -1.21. The van der Waals surface area contributed by atoms with Crippen LogP contribution in [0.2, 0.25) is 5.02 Å². The van der Waals surface area contributed by atoms with Crippen LogP contribution in [0, 0.1) is 0 Å². The van der Waals surface area contributed by atoms with Gasteiger partial charge in [0.25, 0.3) is 0 Å². The fraction of sp³-hybridized carbons (Fsp3) is 0.0556. The summed E-state index contributed by atoms with van der Waals surface area (Å²) in [6, 6.07) is 15.7. The number of hydrazine groups is 1. The van der Waals surface area contributed by atoms with Crippen LogP contribution in [0.4, 0.5) is 5.69 Å². The lowest BCUT2D eigenvalue weighted by Gasteiger charge is -2.31. The summed E-state index contributed by atoms with van der Waals surface area (Å²) in [5.74, 6) is 0. The van der Waals surface area contributed by atoms with Crippen molar-refractivity contribution in [2.24, 2.45) is 4.99 Å². The number of hydrogen-bond donors (Lipinski definition) is 1. The first-order valence-corrected chi connectivity index (χ1v) is 9.33. The minimum atomic E-state index is 0. The maximum Gasteiger partial charge on any atom is 0.185 e. The summed E-state index contributed by atoms with van der Waals surface area (Å²) in [5, 5.41) is 5.64. The number of thioether (sulfide) groups is 1. The van der Waals surface area contributed by atoms with Gasteiger partial charge in [0.1, 0.15) is 0 Å². The Bertz CT molecular complexity index is 806. The lowest BCUT2D eigenvalue weighted by molar-refractivity contribution is 0.395. The van der Waals surface area contributed by atoms with Gasteiger partial charge in [0.05, 0.1) is 17.9 Å². The van der Waals surface area contributed by atoms with Crippen molar-refractivity contribution in [2.75, 3.05) is 6.54 Å². The topological polar surface area (TPSA) is 27.6 Å². The number of aliphatic imine (C=N–C) groups is 1. The zero-order chi connectivity index (χ0) is 16.9. The Morgan fingerprint density at radius 2 is 2.00 bits per heavy atom. The molecule has 1 N–H and O–H groups in total. The number of amidine groups is 1. The monoisotopic (exact) mass is 499 g/mol. The van der Waals surface area contributed by atoms with Gasteiger partial charge in [-0.25, -0.2) is 4.99 Å². The van der Waals surface area contributed by atoms with E-state index in [2.05, 4.69) is 38.3 Å². The summed E-state index contributed by atoms with van der Waals surface area (Å²) >= 11 is 11.0. The molecule has 1 aliphatic heterocycles. The number of benzene rings is 2. The predicted octanol–water partition coefficient (Wildman–Crippen LogP) is 6.41. The number of nitrogens with zero attached hydrogens (tertiary/aromatic N) is 2. The first-order valence-electron chi connectivity index (χ1n) is 7.28. The largest absolute Gasteiger partial charge is 0.281 e. The van der Waals surface area contributed by atoms with Gasteiger partial charge < -0.3 is 0 Å². The predicted molar refractivity (Wildman–Crippen MR) is 119 cm³/mol. The molecular formula is C18H16Br2ClN3S. The smallest absolute Gasteiger partial charge is 0.185 e. The Labute approximate surface area is 175 Å². The summed E-state index contributed by atoms with van der Waals surface area (Å²) < 4.78 is 1.01. The molecule has 0 atom stereocenters. The van der Waals surface area contributed by atoms with Crippen LogP contribution < -0.4 is 5.43 Å². The number of rotatable bonds is 4. The van der Waals surface area contributed by atoms with E-state index in [0.717, 1.165) is 31.6 Å². The van der Waals surface area contributed by atoms with E-state index in [1.807, 2.05) is 59.6 Å². The lowest BCUT2D eigenvalue weighted by atomic mass is 10.1. The molecule has 0 aromatic heterocycles. The van der Waals surface area contributed by atoms with E-state index < -0.39 is 0 Å². The molecule has 7 heteroatoms. The number of halogens is 3. The van der Waals surface area contributed by atoms with Crippen molar-refractivity contribution in [3.63, 3.8) is 0 Å². The van der Waals surface area contributed by atoms with Gasteiger partial charge in [0, 0.05) is 20.5 Å². The van der Waals surface area contributed by atoms with Crippen LogP contribution in [0.15, 0.2) is 76.1 Å². The molecule has 0 spiro atoms. The molecule has 2 aromatic carbocycles. The summed E-state index contributed by atoms with van der Waals surface area (Å²) in [4.78, 5) is 4.65. The third-order valence-electron chi connectivity index (χ3n) is 3.29. The molecule has 1 heterocycles. The third kappa shape index (κ3) is 5.38. The van der Waals surface area contributed by atoms with Crippen molar-refractivity contribution in [2.45, 2.75) is 0 Å². The second-order valence-corrected chi connectivity index (χ2v) is 7.25. The fourth-order valence-corrected chi connectivity index (χ4v) is 3.53. The molecule has 0 radical (unpaired) electrons.